The van der Waals surface area contributed by atoms with Crippen LogP contribution in [0.3, 0.4) is 0 Å². The third-order valence-corrected chi connectivity index (χ3v) is 5.57. The van der Waals surface area contributed by atoms with Crippen LogP contribution in [0.5, 0.6) is 0 Å². The molecule has 0 aliphatic heterocycles. The molecule has 6 nitrogen and oxygen atoms in total. The topological polar surface area (TPSA) is 94.3 Å². The first-order chi connectivity index (χ1) is 10.7. The Morgan fingerprint density at radius 1 is 1.17 bits per heavy atom. The SMILES string of the molecule is O=C(CS(=O)(=O)c1ccc([N+](=O)[O-])cc1Cl)c1ccc(Br)cc1. The lowest BCUT2D eigenvalue weighted by Crippen LogP contribution is -2.16. The predicted molar refractivity (Wildman–Crippen MR) is 88.6 cm³/mol. The zero-order chi connectivity index (χ0) is 17.2. The molecule has 0 radical (unpaired) electrons. The molecule has 120 valence electrons. The number of carbonyl (C=O) groups excluding carboxylic acids is 1. The minimum Gasteiger partial charge on any atom is -0.293 e. The summed E-state index contributed by atoms with van der Waals surface area (Å²) in [7, 11) is -4.01. The zero-order valence-electron chi connectivity index (χ0n) is 11.4. The first kappa shape index (κ1) is 17.6. The van der Waals surface area contributed by atoms with E-state index in [0.717, 1.165) is 22.7 Å². The summed E-state index contributed by atoms with van der Waals surface area (Å²) in [6.07, 6.45) is 0. The number of nitro benzene ring substituents is 1. The number of Topliss-reactive ketones (excluding diaryl/α,β-unsaturated/α-hetero) is 1. The van der Waals surface area contributed by atoms with Crippen molar-refractivity contribution >= 4 is 48.8 Å². The third kappa shape index (κ3) is 4.15. The van der Waals surface area contributed by atoms with E-state index in [1.807, 2.05) is 0 Å². The Labute approximate surface area is 145 Å². The number of nitrogens with zero attached hydrogens (tertiary/aromatic N) is 1. The standard InChI is InChI=1S/C14H9BrClNO5S/c15-10-3-1-9(2-4-10)13(18)8-23(21,22)14-6-5-11(17(19)20)7-12(14)16/h1-7H,8H2. The highest BCUT2D eigenvalue weighted by atomic mass is 79.9. The Balaban J connectivity index is 2.30. The van der Waals surface area contributed by atoms with Crippen LogP contribution < -0.4 is 0 Å². The van der Waals surface area contributed by atoms with Crippen LogP contribution in [0.15, 0.2) is 51.8 Å². The van der Waals surface area contributed by atoms with Crippen LogP contribution in [0.2, 0.25) is 5.02 Å². The van der Waals surface area contributed by atoms with Crippen molar-refractivity contribution in [2.75, 3.05) is 5.75 Å². The predicted octanol–water partition coefficient (Wildman–Crippen LogP) is 3.67. The quantitative estimate of drug-likeness (QED) is 0.419. The van der Waals surface area contributed by atoms with E-state index in [1.54, 1.807) is 12.1 Å². The lowest BCUT2D eigenvalue weighted by atomic mass is 10.2. The molecule has 9 heteroatoms. The van der Waals surface area contributed by atoms with Crippen LogP contribution in [0.4, 0.5) is 5.69 Å². The molecule has 0 amide bonds. The number of carbonyl (C=O) groups is 1. The first-order valence-electron chi connectivity index (χ1n) is 6.16. The first-order valence-corrected chi connectivity index (χ1v) is 8.98. The highest BCUT2D eigenvalue weighted by Gasteiger charge is 2.24. The molecule has 0 atom stereocenters. The molecule has 23 heavy (non-hydrogen) atoms. The maximum Gasteiger partial charge on any atom is 0.271 e. The molecule has 2 aromatic rings. The van der Waals surface area contributed by atoms with Crippen LogP contribution >= 0.6 is 27.5 Å². The Morgan fingerprint density at radius 3 is 2.30 bits per heavy atom. The third-order valence-electron chi connectivity index (χ3n) is 2.95. The number of halogens is 2. The number of non-ortho nitro benzene ring substituents is 1. The van der Waals surface area contributed by atoms with Gasteiger partial charge in [-0.2, -0.15) is 0 Å². The average molecular weight is 419 g/mol. The van der Waals surface area contributed by atoms with Crippen molar-refractivity contribution in [2.45, 2.75) is 4.90 Å². The summed E-state index contributed by atoms with van der Waals surface area (Å²) in [5, 5.41) is 10.4. The van der Waals surface area contributed by atoms with Gasteiger partial charge in [0.15, 0.2) is 15.6 Å². The van der Waals surface area contributed by atoms with E-state index >= 15 is 0 Å². The summed E-state index contributed by atoms with van der Waals surface area (Å²) in [5.41, 5.74) is -0.0806. The van der Waals surface area contributed by atoms with Crippen LogP contribution in [0.1, 0.15) is 10.4 Å². The number of nitro groups is 1. The zero-order valence-corrected chi connectivity index (χ0v) is 14.6. The normalized spacial score (nSPS) is 11.2. The molecule has 0 spiro atoms. The van der Waals surface area contributed by atoms with Gasteiger partial charge in [-0.1, -0.05) is 39.7 Å². The smallest absolute Gasteiger partial charge is 0.271 e. The Bertz CT molecular complexity index is 881. The maximum atomic E-state index is 12.3. The lowest BCUT2D eigenvalue weighted by molar-refractivity contribution is -0.384. The minimum absolute atomic E-state index is 0.245. The fourth-order valence-electron chi connectivity index (χ4n) is 1.82. The summed E-state index contributed by atoms with van der Waals surface area (Å²) >= 11 is 9.03. The molecule has 0 aliphatic rings. The van der Waals surface area contributed by atoms with Gasteiger partial charge in [0, 0.05) is 22.2 Å². The van der Waals surface area contributed by atoms with Gasteiger partial charge in [0.25, 0.3) is 5.69 Å². The molecule has 2 rings (SSSR count). The molecule has 0 bridgehead atoms. The summed E-state index contributed by atoms with van der Waals surface area (Å²) < 4.78 is 25.4. The Morgan fingerprint density at radius 2 is 1.78 bits per heavy atom. The molecule has 0 unspecified atom stereocenters. The van der Waals surface area contributed by atoms with E-state index in [0.29, 0.717) is 0 Å². The van der Waals surface area contributed by atoms with Gasteiger partial charge in [0.1, 0.15) is 5.75 Å². The van der Waals surface area contributed by atoms with Crippen molar-refractivity contribution in [2.24, 2.45) is 0 Å². The second-order valence-electron chi connectivity index (χ2n) is 4.56. The van der Waals surface area contributed by atoms with Crippen LogP contribution in [-0.4, -0.2) is 24.9 Å². The van der Waals surface area contributed by atoms with Gasteiger partial charge in [-0.05, 0) is 18.2 Å². The fourth-order valence-corrected chi connectivity index (χ4v) is 3.92. The van der Waals surface area contributed by atoms with Crippen LogP contribution in [-0.2, 0) is 9.84 Å². The van der Waals surface area contributed by atoms with Gasteiger partial charge >= 0.3 is 0 Å². The average Bonchev–Trinajstić information content (AvgIpc) is 2.46. The Hall–Kier alpha value is -1.77. The van der Waals surface area contributed by atoms with Crippen molar-refractivity contribution in [3.63, 3.8) is 0 Å². The van der Waals surface area contributed by atoms with E-state index in [1.165, 1.54) is 12.1 Å². The van der Waals surface area contributed by atoms with Gasteiger partial charge in [-0.25, -0.2) is 8.42 Å². The monoisotopic (exact) mass is 417 g/mol. The number of hydrogen-bond acceptors (Lipinski definition) is 5. The van der Waals surface area contributed by atoms with Gasteiger partial charge in [-0.15, -0.1) is 0 Å². The van der Waals surface area contributed by atoms with E-state index in [2.05, 4.69) is 15.9 Å². The second kappa shape index (κ2) is 6.77. The molecule has 0 saturated heterocycles. The molecule has 0 N–H and O–H groups in total. The molecule has 2 aromatic carbocycles. The molecule has 0 heterocycles. The number of ketones is 1. The fraction of sp³-hybridized carbons (Fsp3) is 0.0714. The maximum absolute atomic E-state index is 12.3. The van der Waals surface area contributed by atoms with E-state index in [4.69, 9.17) is 11.6 Å². The van der Waals surface area contributed by atoms with E-state index in [-0.39, 0.29) is 21.2 Å². The molecule has 0 aromatic heterocycles. The highest BCUT2D eigenvalue weighted by molar-refractivity contribution is 9.10. The molecule has 0 saturated carbocycles. The lowest BCUT2D eigenvalue weighted by Gasteiger charge is -2.06. The van der Waals surface area contributed by atoms with Crippen molar-refractivity contribution in [3.8, 4) is 0 Å². The van der Waals surface area contributed by atoms with Gasteiger partial charge in [0.05, 0.1) is 14.8 Å². The number of benzene rings is 2. The number of rotatable bonds is 5. The summed E-state index contributed by atoms with van der Waals surface area (Å²) in [4.78, 5) is 21.7. The number of sulfone groups is 1. The Kier molecular flexibility index (Phi) is 5.18. The molecule has 0 aliphatic carbocycles. The molecular weight excluding hydrogens is 410 g/mol. The van der Waals surface area contributed by atoms with Crippen molar-refractivity contribution in [1.29, 1.82) is 0 Å². The summed E-state index contributed by atoms with van der Waals surface area (Å²) in [6.45, 7) is 0. The number of hydrogen-bond donors (Lipinski definition) is 0. The van der Waals surface area contributed by atoms with Gasteiger partial charge < -0.3 is 0 Å². The van der Waals surface area contributed by atoms with E-state index in [9.17, 15) is 23.3 Å². The van der Waals surface area contributed by atoms with Gasteiger partial charge in [-0.3, -0.25) is 14.9 Å². The molecule has 0 fully saturated rings. The van der Waals surface area contributed by atoms with Crippen LogP contribution in [0, 0.1) is 10.1 Å². The highest BCUT2D eigenvalue weighted by Crippen LogP contribution is 2.27. The second-order valence-corrected chi connectivity index (χ2v) is 7.84. The van der Waals surface area contributed by atoms with Crippen molar-refractivity contribution in [3.05, 3.63) is 67.6 Å². The molecular formula is C14H9BrClNO5S. The summed E-state index contributed by atoms with van der Waals surface area (Å²) in [6, 6.07) is 9.25. The van der Waals surface area contributed by atoms with Crippen molar-refractivity contribution in [1.82, 2.24) is 0 Å². The minimum atomic E-state index is -4.01. The largest absolute Gasteiger partial charge is 0.293 e. The van der Waals surface area contributed by atoms with E-state index < -0.39 is 26.3 Å². The van der Waals surface area contributed by atoms with Gasteiger partial charge in [0.2, 0.25) is 0 Å². The summed E-state index contributed by atoms with van der Waals surface area (Å²) in [5.74, 6) is -1.36. The van der Waals surface area contributed by atoms with Crippen LogP contribution in [0.25, 0.3) is 0 Å². The van der Waals surface area contributed by atoms with Crippen molar-refractivity contribution < 1.29 is 18.1 Å².